The largest absolute Gasteiger partial charge is 0.334 e. The van der Waals surface area contributed by atoms with E-state index in [4.69, 9.17) is 0 Å². The number of hydrogen-bond donors (Lipinski definition) is 0. The van der Waals surface area contributed by atoms with Crippen LogP contribution < -0.4 is 36.0 Å². The number of thiophene rings is 1. The molecule has 90 heavy (non-hydrogen) atoms. The monoisotopic (exact) mass is 1190 g/mol. The minimum Gasteiger partial charge on any atom is -0.334 e. The molecule has 2 fully saturated rings. The summed E-state index contributed by atoms with van der Waals surface area (Å²) in [6.45, 7) is 31.8. The van der Waals surface area contributed by atoms with Crippen LogP contribution in [0, 0.1) is 12.1 Å². The molecule has 6 heteroatoms. The highest BCUT2D eigenvalue weighted by atomic mass is 32.1. The zero-order valence-electron chi connectivity index (χ0n) is 55.1. The summed E-state index contributed by atoms with van der Waals surface area (Å²) in [6.07, 6.45) is 9.42. The van der Waals surface area contributed by atoms with Crippen LogP contribution in [0.4, 0.5) is 56.9 Å². The van der Waals surface area contributed by atoms with E-state index in [9.17, 15) is 0 Å². The van der Waals surface area contributed by atoms with E-state index in [0.29, 0.717) is 0 Å². The maximum absolute atomic E-state index is 3.72. The van der Waals surface area contributed by atoms with Gasteiger partial charge in [0.2, 0.25) is 0 Å². The van der Waals surface area contributed by atoms with E-state index in [1.165, 1.54) is 158 Å². The van der Waals surface area contributed by atoms with Gasteiger partial charge in [-0.25, -0.2) is 0 Å². The van der Waals surface area contributed by atoms with Gasteiger partial charge in [0, 0.05) is 98.0 Å². The fraction of sp³-hybridized carbons (Fsp3) is 0.333. The second-order valence-electron chi connectivity index (χ2n) is 31.8. The molecule has 4 aliphatic heterocycles. The summed E-state index contributed by atoms with van der Waals surface area (Å²) in [4.78, 5) is 11.2. The Balaban J connectivity index is 1.02. The highest BCUT2D eigenvalue weighted by Gasteiger charge is 2.60. The van der Waals surface area contributed by atoms with Crippen LogP contribution >= 0.6 is 11.3 Å². The fourth-order valence-electron chi connectivity index (χ4n) is 18.4. The molecule has 0 spiro atoms. The van der Waals surface area contributed by atoms with Crippen molar-refractivity contribution in [3.05, 3.63) is 210 Å². The van der Waals surface area contributed by atoms with Crippen LogP contribution in [0.1, 0.15) is 169 Å². The van der Waals surface area contributed by atoms with Gasteiger partial charge in [0.05, 0.1) is 22.5 Å². The van der Waals surface area contributed by atoms with Gasteiger partial charge in [-0.15, -0.1) is 11.3 Å². The molecule has 10 aromatic carbocycles. The Labute approximate surface area is 538 Å². The summed E-state index contributed by atoms with van der Waals surface area (Å²) in [5.74, 6) is 0. The first kappa shape index (κ1) is 56.0. The van der Waals surface area contributed by atoms with E-state index in [2.05, 4.69) is 292 Å². The molecule has 0 amide bonds. The van der Waals surface area contributed by atoms with Crippen molar-refractivity contribution in [1.82, 2.24) is 0 Å². The van der Waals surface area contributed by atoms with Crippen molar-refractivity contribution in [1.29, 1.82) is 0 Å². The van der Waals surface area contributed by atoms with E-state index in [1.807, 2.05) is 11.3 Å². The van der Waals surface area contributed by atoms with E-state index in [1.54, 1.807) is 0 Å². The Bertz CT molecular complexity index is 4880. The molecule has 11 aromatic rings. The molecular formula is C84H83BN4S. The molecule has 0 radical (unpaired) electrons. The van der Waals surface area contributed by atoms with Crippen LogP contribution in [0.5, 0.6) is 0 Å². The molecule has 17 rings (SSSR count). The van der Waals surface area contributed by atoms with Gasteiger partial charge in [0.25, 0.3) is 6.71 Å². The number of rotatable bonds is 4. The number of fused-ring (bicyclic) bond motifs is 16. The summed E-state index contributed by atoms with van der Waals surface area (Å²) in [6, 6.07) is 75.1. The van der Waals surface area contributed by atoms with E-state index >= 15 is 0 Å². The second kappa shape index (κ2) is 18.8. The Kier molecular flexibility index (Phi) is 11.7. The van der Waals surface area contributed by atoms with Crippen molar-refractivity contribution >= 4 is 133 Å². The summed E-state index contributed by atoms with van der Waals surface area (Å²) < 4.78 is 2.62. The Morgan fingerprint density at radius 3 is 1.48 bits per heavy atom. The molecule has 0 bridgehead atoms. The zero-order valence-corrected chi connectivity index (χ0v) is 55.9. The molecule has 2 aliphatic carbocycles. The Hall–Kier alpha value is -7.98. The van der Waals surface area contributed by atoms with Crippen LogP contribution in [0.25, 0.3) is 41.7 Å². The minimum atomic E-state index is -0.214. The molecular weight excluding hydrogens is 1110 g/mol. The quantitative estimate of drug-likeness (QED) is 0.163. The molecule has 448 valence electrons. The van der Waals surface area contributed by atoms with Crippen LogP contribution in [-0.4, -0.2) is 17.8 Å². The number of benzene rings is 9. The Morgan fingerprint density at radius 1 is 0.389 bits per heavy atom. The molecule has 4 unspecified atom stereocenters. The van der Waals surface area contributed by atoms with Gasteiger partial charge in [0.1, 0.15) is 0 Å². The first-order valence-electron chi connectivity index (χ1n) is 33.6. The van der Waals surface area contributed by atoms with Gasteiger partial charge in [-0.2, -0.15) is 0 Å². The second-order valence-corrected chi connectivity index (χ2v) is 32.9. The lowest BCUT2D eigenvalue weighted by molar-refractivity contribution is 0.195. The summed E-state index contributed by atoms with van der Waals surface area (Å²) >= 11 is 1.91. The molecule has 4 atom stereocenters. The van der Waals surface area contributed by atoms with Gasteiger partial charge in [-0.3, -0.25) is 0 Å². The van der Waals surface area contributed by atoms with Gasteiger partial charge >= 0.3 is 0 Å². The smallest absolute Gasteiger partial charge is 0.252 e. The van der Waals surface area contributed by atoms with E-state index < -0.39 is 0 Å². The van der Waals surface area contributed by atoms with E-state index in [-0.39, 0.29) is 44.9 Å². The molecule has 5 heterocycles. The first-order chi connectivity index (χ1) is 43.0. The van der Waals surface area contributed by atoms with Crippen molar-refractivity contribution in [2.75, 3.05) is 19.6 Å². The molecule has 4 nitrogen and oxygen atoms in total. The van der Waals surface area contributed by atoms with Crippen molar-refractivity contribution in [3.8, 4) is 0 Å². The van der Waals surface area contributed by atoms with Crippen molar-refractivity contribution < 1.29 is 0 Å². The fourth-order valence-corrected chi connectivity index (χ4v) is 19.6. The zero-order chi connectivity index (χ0) is 62.0. The predicted molar refractivity (Wildman–Crippen MR) is 388 cm³/mol. The average molecular weight is 1190 g/mol. The Morgan fingerprint density at radius 2 is 0.856 bits per heavy atom. The lowest BCUT2D eigenvalue weighted by Crippen LogP contribution is -2.61. The number of hydrogen-bond acceptors (Lipinski definition) is 5. The van der Waals surface area contributed by atoms with Crippen molar-refractivity contribution in [3.63, 3.8) is 0 Å². The highest BCUT2D eigenvalue weighted by molar-refractivity contribution is 7.26. The summed E-state index contributed by atoms with van der Waals surface area (Å²) in [5, 5.41) is 7.13. The topological polar surface area (TPSA) is 13.0 Å². The first-order valence-corrected chi connectivity index (χ1v) is 34.4. The molecule has 1 aromatic heterocycles. The van der Waals surface area contributed by atoms with Gasteiger partial charge in [-0.05, 0) is 179 Å². The average Bonchev–Trinajstić information content (AvgIpc) is 1.21. The van der Waals surface area contributed by atoms with Crippen LogP contribution in [0.15, 0.2) is 170 Å². The lowest BCUT2D eigenvalue weighted by atomic mass is 9.33. The third-order valence-corrected chi connectivity index (χ3v) is 24.9. The molecule has 0 saturated heterocycles. The third-order valence-electron chi connectivity index (χ3n) is 23.8. The molecule has 2 saturated carbocycles. The van der Waals surface area contributed by atoms with E-state index in [0.717, 1.165) is 35.7 Å². The van der Waals surface area contributed by atoms with Gasteiger partial charge in [0.15, 0.2) is 0 Å². The standard InChI is InChI=1S/C84H83BN4S/c1-78(2,3)54-35-40-65-61(46-54)81(10)42-18-20-44-83(81,12)88(65)57-37-39-64-70(49-57)86(67-28-22-25-53-33-32-52-24-14-15-26-59(52)75(53)67)71-50-58(89-66-41-36-55(79(4,5)6)47-62(66)82(11)43-19-21-45-84(82,89)13)51-72-77(71)85(64)63-38-34-56(80(7,8)9)48-69(63)87(72)68-29-23-31-74-76(68)60-27-16-17-30-73(60)90-74/h14-17,22-31,34-41,46-51H,18-21,42-45H2,1-13H3. The van der Waals surface area contributed by atoms with Crippen LogP contribution in [-0.2, 0) is 27.1 Å². The summed E-state index contributed by atoms with van der Waals surface area (Å²) in [7, 11) is 0. The third kappa shape index (κ3) is 7.56. The highest BCUT2D eigenvalue weighted by Crippen LogP contribution is 2.65. The van der Waals surface area contributed by atoms with Crippen LogP contribution in [0.3, 0.4) is 0 Å². The maximum atomic E-state index is 3.72. The SMILES string of the molecule is CC(C)(C)c1ccc2c(c1)N(c1cccc3sc4ccccc4c13)c1cc(N3c4ccc(C(C)(C)C)cc4C4(C)CCCCC34C)cc3c1B2c1ccc(N2c4ccc(C(C)(C)C)cc4C4(C)CCCCC24C)cc1N3c1cccc2c#cc3ccccc3c12. The number of nitrogens with zero attached hydrogens (tertiary/aromatic N) is 4. The van der Waals surface area contributed by atoms with Crippen molar-refractivity contribution in [2.45, 2.75) is 180 Å². The van der Waals surface area contributed by atoms with Crippen molar-refractivity contribution in [2.24, 2.45) is 0 Å². The lowest BCUT2D eigenvalue weighted by Gasteiger charge is -2.51. The van der Waals surface area contributed by atoms with Crippen LogP contribution in [0.2, 0.25) is 0 Å². The number of anilines is 10. The molecule has 6 aliphatic rings. The minimum absolute atomic E-state index is 0.00559. The van der Waals surface area contributed by atoms with Gasteiger partial charge < -0.3 is 19.6 Å². The maximum Gasteiger partial charge on any atom is 0.252 e. The summed E-state index contributed by atoms with van der Waals surface area (Å²) in [5.41, 5.74) is 23.1. The normalized spacial score (nSPS) is 22.6. The van der Waals surface area contributed by atoms with Gasteiger partial charge in [-0.1, -0.05) is 205 Å². The predicted octanol–water partition coefficient (Wildman–Crippen LogP) is 21.4. The molecule has 0 N–H and O–H groups in total.